The first kappa shape index (κ1) is 11.7. The summed E-state index contributed by atoms with van der Waals surface area (Å²) in [6.07, 6.45) is 1.87. The summed E-state index contributed by atoms with van der Waals surface area (Å²) in [5.41, 5.74) is 2.40. The molecule has 4 heteroatoms. The molecule has 3 rings (SSSR count). The number of benzene rings is 2. The molecule has 0 unspecified atom stereocenters. The summed E-state index contributed by atoms with van der Waals surface area (Å²) in [6, 6.07) is 11.4. The minimum atomic E-state index is -0.582. The van der Waals surface area contributed by atoms with E-state index in [1.165, 1.54) is 12.1 Å². The van der Waals surface area contributed by atoms with Crippen molar-refractivity contribution in [2.24, 2.45) is 0 Å². The van der Waals surface area contributed by atoms with E-state index in [0.29, 0.717) is 12.2 Å². The summed E-state index contributed by atoms with van der Waals surface area (Å²) < 4.78 is 26.3. The Morgan fingerprint density at radius 3 is 2.79 bits per heavy atom. The van der Waals surface area contributed by atoms with Gasteiger partial charge in [0.1, 0.15) is 11.6 Å². The van der Waals surface area contributed by atoms with E-state index in [1.54, 1.807) is 0 Å². The van der Waals surface area contributed by atoms with Crippen LogP contribution in [-0.4, -0.2) is 4.98 Å². The molecule has 0 spiro atoms. The van der Waals surface area contributed by atoms with Gasteiger partial charge in [0.05, 0.1) is 5.69 Å². The van der Waals surface area contributed by atoms with Crippen molar-refractivity contribution in [2.75, 3.05) is 5.32 Å². The Bertz CT molecular complexity index is 719. The number of anilines is 1. The molecule has 0 bridgehead atoms. The van der Waals surface area contributed by atoms with Crippen molar-refractivity contribution in [1.82, 2.24) is 4.98 Å². The first-order valence-corrected chi connectivity index (χ1v) is 5.98. The predicted octanol–water partition coefficient (Wildman–Crippen LogP) is 4.06. The number of nitrogens with one attached hydrogen (secondary N) is 2. The van der Waals surface area contributed by atoms with E-state index in [4.69, 9.17) is 0 Å². The average Bonchev–Trinajstić information content (AvgIpc) is 2.86. The van der Waals surface area contributed by atoms with E-state index in [2.05, 4.69) is 10.3 Å². The highest BCUT2D eigenvalue weighted by Crippen LogP contribution is 2.20. The zero-order valence-corrected chi connectivity index (χ0v) is 10.1. The van der Waals surface area contributed by atoms with E-state index in [9.17, 15) is 8.78 Å². The number of H-pyrrole nitrogens is 1. The quantitative estimate of drug-likeness (QED) is 0.728. The number of halogens is 2. The van der Waals surface area contributed by atoms with Crippen LogP contribution in [0.25, 0.3) is 10.9 Å². The first-order chi connectivity index (χ1) is 9.24. The zero-order chi connectivity index (χ0) is 13.2. The van der Waals surface area contributed by atoms with Crippen molar-refractivity contribution in [3.63, 3.8) is 0 Å². The van der Waals surface area contributed by atoms with Crippen molar-refractivity contribution in [1.29, 1.82) is 0 Å². The second-order valence-electron chi connectivity index (χ2n) is 4.33. The maximum Gasteiger partial charge on any atom is 0.149 e. The molecule has 1 aromatic heterocycles. The van der Waals surface area contributed by atoms with Crippen LogP contribution in [-0.2, 0) is 6.54 Å². The van der Waals surface area contributed by atoms with Crippen LogP contribution in [0.1, 0.15) is 5.56 Å². The summed E-state index contributed by atoms with van der Waals surface area (Å²) in [5.74, 6) is -1.16. The Balaban J connectivity index is 1.84. The minimum absolute atomic E-state index is 0.300. The maximum atomic E-state index is 13.5. The molecule has 1 heterocycles. The molecule has 0 aliphatic carbocycles. The Morgan fingerprint density at radius 2 is 1.95 bits per heavy atom. The zero-order valence-electron chi connectivity index (χ0n) is 10.1. The van der Waals surface area contributed by atoms with Crippen LogP contribution >= 0.6 is 0 Å². The summed E-state index contributed by atoms with van der Waals surface area (Å²) in [5, 5.41) is 4.08. The van der Waals surface area contributed by atoms with E-state index in [1.807, 2.05) is 30.5 Å². The third-order valence-corrected chi connectivity index (χ3v) is 3.09. The molecule has 3 aromatic rings. The van der Waals surface area contributed by atoms with Crippen LogP contribution in [0.15, 0.2) is 48.7 Å². The van der Waals surface area contributed by atoms with Crippen LogP contribution < -0.4 is 5.32 Å². The molecule has 0 amide bonds. The van der Waals surface area contributed by atoms with Crippen LogP contribution in [0.5, 0.6) is 0 Å². The largest absolute Gasteiger partial charge is 0.379 e. The van der Waals surface area contributed by atoms with Crippen LogP contribution in [0.2, 0.25) is 0 Å². The molecule has 0 saturated heterocycles. The number of hydrogen-bond acceptors (Lipinski definition) is 1. The van der Waals surface area contributed by atoms with E-state index in [-0.39, 0.29) is 0 Å². The van der Waals surface area contributed by atoms with Crippen molar-refractivity contribution in [3.05, 3.63) is 65.9 Å². The van der Waals surface area contributed by atoms with Gasteiger partial charge in [-0.3, -0.25) is 0 Å². The molecular weight excluding hydrogens is 246 g/mol. The molecule has 19 heavy (non-hydrogen) atoms. The average molecular weight is 258 g/mol. The van der Waals surface area contributed by atoms with Gasteiger partial charge in [-0.1, -0.05) is 12.1 Å². The summed E-state index contributed by atoms with van der Waals surface area (Å²) in [4.78, 5) is 3.13. The number of fused-ring (bicyclic) bond motifs is 1. The van der Waals surface area contributed by atoms with Crippen molar-refractivity contribution in [2.45, 2.75) is 6.54 Å². The first-order valence-electron chi connectivity index (χ1n) is 5.98. The van der Waals surface area contributed by atoms with Gasteiger partial charge < -0.3 is 10.3 Å². The van der Waals surface area contributed by atoms with Crippen LogP contribution in [0.4, 0.5) is 14.5 Å². The SMILES string of the molecule is Fc1ccc(NCc2cccc3[nH]ccc23)c(F)c1. The number of rotatable bonds is 3. The van der Waals surface area contributed by atoms with Gasteiger partial charge in [0.25, 0.3) is 0 Å². The van der Waals surface area contributed by atoms with Gasteiger partial charge in [-0.2, -0.15) is 0 Å². The summed E-state index contributed by atoms with van der Waals surface area (Å²) >= 11 is 0. The summed E-state index contributed by atoms with van der Waals surface area (Å²) in [7, 11) is 0. The number of hydrogen-bond donors (Lipinski definition) is 2. The van der Waals surface area contributed by atoms with Gasteiger partial charge in [-0.05, 0) is 29.8 Å². The Labute approximate surface area is 109 Å². The van der Waals surface area contributed by atoms with Gasteiger partial charge in [-0.15, -0.1) is 0 Å². The normalized spacial score (nSPS) is 10.8. The second kappa shape index (κ2) is 4.72. The number of aromatic nitrogens is 1. The molecular formula is C15H12F2N2. The van der Waals surface area contributed by atoms with Gasteiger partial charge in [0.15, 0.2) is 0 Å². The highest BCUT2D eigenvalue weighted by Gasteiger charge is 2.05. The van der Waals surface area contributed by atoms with Gasteiger partial charge in [0.2, 0.25) is 0 Å². The second-order valence-corrected chi connectivity index (χ2v) is 4.33. The molecule has 0 saturated carbocycles. The standard InChI is InChI=1S/C15H12F2N2/c16-11-4-5-15(13(17)8-11)19-9-10-2-1-3-14-12(10)6-7-18-14/h1-8,18-19H,9H2. The van der Waals surface area contributed by atoms with E-state index >= 15 is 0 Å². The number of aromatic amines is 1. The lowest BCUT2D eigenvalue weighted by Crippen LogP contribution is -2.02. The minimum Gasteiger partial charge on any atom is -0.379 e. The predicted molar refractivity (Wildman–Crippen MR) is 72.0 cm³/mol. The van der Waals surface area contributed by atoms with Crippen molar-refractivity contribution < 1.29 is 8.78 Å². The molecule has 0 aliphatic heterocycles. The molecule has 2 aromatic carbocycles. The molecule has 2 N–H and O–H groups in total. The maximum absolute atomic E-state index is 13.5. The van der Waals surface area contributed by atoms with Gasteiger partial charge in [-0.25, -0.2) is 8.78 Å². The Morgan fingerprint density at radius 1 is 1.05 bits per heavy atom. The molecule has 96 valence electrons. The Kier molecular flexibility index (Phi) is 2.91. The van der Waals surface area contributed by atoms with Gasteiger partial charge >= 0.3 is 0 Å². The van der Waals surface area contributed by atoms with Crippen molar-refractivity contribution in [3.8, 4) is 0 Å². The molecule has 2 nitrogen and oxygen atoms in total. The fraction of sp³-hybridized carbons (Fsp3) is 0.0667. The monoisotopic (exact) mass is 258 g/mol. The van der Waals surface area contributed by atoms with Crippen LogP contribution in [0.3, 0.4) is 0 Å². The molecule has 0 fully saturated rings. The lowest BCUT2D eigenvalue weighted by atomic mass is 10.1. The fourth-order valence-electron chi connectivity index (χ4n) is 2.13. The lowest BCUT2D eigenvalue weighted by Gasteiger charge is -2.08. The van der Waals surface area contributed by atoms with Crippen molar-refractivity contribution >= 4 is 16.6 Å². The third-order valence-electron chi connectivity index (χ3n) is 3.09. The Hall–Kier alpha value is -2.36. The smallest absolute Gasteiger partial charge is 0.149 e. The lowest BCUT2D eigenvalue weighted by molar-refractivity contribution is 0.585. The van der Waals surface area contributed by atoms with E-state index in [0.717, 1.165) is 22.5 Å². The fourth-order valence-corrected chi connectivity index (χ4v) is 2.13. The molecule has 0 aliphatic rings. The van der Waals surface area contributed by atoms with E-state index < -0.39 is 11.6 Å². The topological polar surface area (TPSA) is 27.8 Å². The molecule has 0 atom stereocenters. The summed E-state index contributed by atoms with van der Waals surface area (Å²) in [6.45, 7) is 0.484. The highest BCUT2D eigenvalue weighted by atomic mass is 19.1. The molecule has 0 radical (unpaired) electrons. The van der Waals surface area contributed by atoms with Gasteiger partial charge in [0, 0.05) is 29.7 Å². The third kappa shape index (κ3) is 2.29. The highest BCUT2D eigenvalue weighted by molar-refractivity contribution is 5.83. The van der Waals surface area contributed by atoms with Crippen LogP contribution in [0, 0.1) is 11.6 Å².